The van der Waals surface area contributed by atoms with E-state index in [-0.39, 0.29) is 18.3 Å². The lowest BCUT2D eigenvalue weighted by Crippen LogP contribution is -2.60. The van der Waals surface area contributed by atoms with Gasteiger partial charge in [0, 0.05) is 23.4 Å². The highest BCUT2D eigenvalue weighted by Gasteiger charge is 2.58. The molecule has 0 aromatic heterocycles. The molecule has 168 valence electrons. The SMILES string of the molecule is CC(C)(Br)C(=O)OCCN1c2ccccc2C(C)(C)C12C=Cc1cc([N+](=O)[O-])ccc1O2. The molecular weight excluding hydrogens is 476 g/mol. The summed E-state index contributed by atoms with van der Waals surface area (Å²) in [5.41, 5.74) is 1.46. The maximum atomic E-state index is 12.2. The zero-order valence-electron chi connectivity index (χ0n) is 18.4. The summed E-state index contributed by atoms with van der Waals surface area (Å²) in [5, 5.41) is 11.2. The Morgan fingerprint density at radius 1 is 1.25 bits per heavy atom. The predicted octanol–water partition coefficient (Wildman–Crippen LogP) is 5.21. The van der Waals surface area contributed by atoms with E-state index in [1.807, 2.05) is 30.4 Å². The van der Waals surface area contributed by atoms with Gasteiger partial charge in [-0.3, -0.25) is 14.9 Å². The summed E-state index contributed by atoms with van der Waals surface area (Å²) in [6, 6.07) is 12.7. The summed E-state index contributed by atoms with van der Waals surface area (Å²) in [6.07, 6.45) is 3.83. The van der Waals surface area contributed by atoms with E-state index in [4.69, 9.17) is 9.47 Å². The van der Waals surface area contributed by atoms with Crippen molar-refractivity contribution in [1.29, 1.82) is 0 Å². The predicted molar refractivity (Wildman–Crippen MR) is 126 cm³/mol. The zero-order valence-corrected chi connectivity index (χ0v) is 20.0. The van der Waals surface area contributed by atoms with Crippen molar-refractivity contribution in [3.63, 3.8) is 0 Å². The monoisotopic (exact) mass is 500 g/mol. The van der Waals surface area contributed by atoms with Gasteiger partial charge in [-0.1, -0.05) is 34.1 Å². The molecule has 1 spiro atoms. The molecule has 4 rings (SSSR count). The van der Waals surface area contributed by atoms with E-state index < -0.39 is 20.4 Å². The second kappa shape index (κ2) is 7.62. The smallest absolute Gasteiger partial charge is 0.322 e. The number of hydrogen-bond acceptors (Lipinski definition) is 6. The number of esters is 1. The molecule has 32 heavy (non-hydrogen) atoms. The van der Waals surface area contributed by atoms with Crippen molar-refractivity contribution < 1.29 is 19.2 Å². The number of ether oxygens (including phenoxy) is 2. The Morgan fingerprint density at radius 3 is 2.66 bits per heavy atom. The van der Waals surface area contributed by atoms with Crippen molar-refractivity contribution in [1.82, 2.24) is 0 Å². The molecule has 0 fully saturated rings. The zero-order chi connectivity index (χ0) is 23.3. The minimum absolute atomic E-state index is 0.0167. The number of para-hydroxylation sites is 1. The van der Waals surface area contributed by atoms with Gasteiger partial charge in [0.1, 0.15) is 16.7 Å². The van der Waals surface area contributed by atoms with Gasteiger partial charge in [0.15, 0.2) is 0 Å². The molecule has 0 saturated carbocycles. The van der Waals surface area contributed by atoms with E-state index >= 15 is 0 Å². The average Bonchev–Trinajstić information content (AvgIpc) is 2.91. The van der Waals surface area contributed by atoms with Crippen LogP contribution in [0.4, 0.5) is 11.4 Å². The Morgan fingerprint density at radius 2 is 1.97 bits per heavy atom. The van der Waals surface area contributed by atoms with E-state index in [9.17, 15) is 14.9 Å². The molecule has 2 aromatic rings. The van der Waals surface area contributed by atoms with Crippen molar-refractivity contribution in [2.24, 2.45) is 0 Å². The van der Waals surface area contributed by atoms with Crippen LogP contribution in [-0.2, 0) is 14.9 Å². The van der Waals surface area contributed by atoms with Gasteiger partial charge in [-0.25, -0.2) is 0 Å². The van der Waals surface area contributed by atoms with E-state index in [2.05, 4.69) is 40.7 Å². The molecule has 2 aromatic carbocycles. The standard InChI is InChI=1S/C24H25BrN2O5/c1-22(2)18-7-5-6-8-19(18)26(13-14-31-21(28)23(3,4)25)24(22)12-11-16-15-17(27(29)30)9-10-20(16)32-24/h5-12,15H,13-14H2,1-4H3. The van der Waals surface area contributed by atoms with Crippen LogP contribution in [0.5, 0.6) is 5.75 Å². The Labute approximate surface area is 195 Å². The van der Waals surface area contributed by atoms with E-state index in [1.54, 1.807) is 19.9 Å². The molecule has 2 heterocycles. The molecule has 0 amide bonds. The summed E-state index contributed by atoms with van der Waals surface area (Å²) in [7, 11) is 0. The van der Waals surface area contributed by atoms with E-state index in [0.717, 1.165) is 11.3 Å². The Hall–Kier alpha value is -2.87. The molecular formula is C24H25BrN2O5. The normalized spacial score (nSPS) is 20.5. The van der Waals surface area contributed by atoms with Crippen molar-refractivity contribution in [3.05, 3.63) is 69.8 Å². The van der Waals surface area contributed by atoms with Crippen molar-refractivity contribution >= 4 is 39.4 Å². The fourth-order valence-electron chi connectivity index (χ4n) is 4.39. The topological polar surface area (TPSA) is 81.9 Å². The van der Waals surface area contributed by atoms with Gasteiger partial charge in [-0.2, -0.15) is 0 Å². The molecule has 0 bridgehead atoms. The van der Waals surface area contributed by atoms with Gasteiger partial charge in [0.05, 0.1) is 16.9 Å². The number of anilines is 1. The van der Waals surface area contributed by atoms with Crippen LogP contribution in [0.25, 0.3) is 6.08 Å². The first-order valence-electron chi connectivity index (χ1n) is 10.4. The fraction of sp³-hybridized carbons (Fsp3) is 0.375. The molecule has 0 radical (unpaired) electrons. The molecule has 0 N–H and O–H groups in total. The number of carbonyl (C=O) groups is 1. The van der Waals surface area contributed by atoms with Crippen LogP contribution in [0.2, 0.25) is 0 Å². The fourth-order valence-corrected chi connectivity index (χ4v) is 4.51. The Balaban J connectivity index is 1.71. The van der Waals surface area contributed by atoms with Gasteiger partial charge < -0.3 is 14.4 Å². The van der Waals surface area contributed by atoms with Crippen LogP contribution in [0, 0.1) is 10.1 Å². The van der Waals surface area contributed by atoms with Gasteiger partial charge in [-0.05, 0) is 57.5 Å². The highest BCUT2D eigenvalue weighted by atomic mass is 79.9. The number of carbonyl (C=O) groups excluding carboxylic acids is 1. The second-order valence-electron chi connectivity index (χ2n) is 9.01. The minimum atomic E-state index is -0.879. The Kier molecular flexibility index (Phi) is 5.32. The number of nitro benzene ring substituents is 1. The number of benzene rings is 2. The number of alkyl halides is 1. The number of non-ortho nitro benzene ring substituents is 1. The van der Waals surface area contributed by atoms with Crippen molar-refractivity contribution in [3.8, 4) is 5.75 Å². The van der Waals surface area contributed by atoms with Gasteiger partial charge in [0.25, 0.3) is 5.69 Å². The van der Waals surface area contributed by atoms with Crippen LogP contribution in [-0.4, -0.2) is 34.1 Å². The third-order valence-corrected chi connectivity index (χ3v) is 6.48. The molecule has 2 aliphatic rings. The molecule has 7 nitrogen and oxygen atoms in total. The lowest BCUT2D eigenvalue weighted by atomic mass is 9.76. The summed E-state index contributed by atoms with van der Waals surface area (Å²) in [4.78, 5) is 25.1. The first kappa shape index (κ1) is 22.3. The van der Waals surface area contributed by atoms with Gasteiger partial charge in [0.2, 0.25) is 5.72 Å². The highest BCUT2D eigenvalue weighted by Crippen LogP contribution is 2.54. The van der Waals surface area contributed by atoms with Gasteiger partial charge in [-0.15, -0.1) is 0 Å². The van der Waals surface area contributed by atoms with E-state index in [0.29, 0.717) is 17.9 Å². The lowest BCUT2D eigenvalue weighted by Gasteiger charge is -2.47. The Bertz CT molecular complexity index is 1120. The maximum absolute atomic E-state index is 12.2. The van der Waals surface area contributed by atoms with Crippen molar-refractivity contribution in [2.45, 2.75) is 43.2 Å². The third kappa shape index (κ3) is 3.46. The van der Waals surface area contributed by atoms with Crippen LogP contribution >= 0.6 is 15.9 Å². The molecule has 2 aliphatic heterocycles. The number of hydrogen-bond donors (Lipinski definition) is 0. The minimum Gasteiger partial charge on any atom is -0.463 e. The van der Waals surface area contributed by atoms with Crippen LogP contribution in [0.1, 0.15) is 38.8 Å². The molecule has 1 unspecified atom stereocenters. The molecule has 0 aliphatic carbocycles. The largest absolute Gasteiger partial charge is 0.463 e. The van der Waals surface area contributed by atoms with Crippen LogP contribution in [0.3, 0.4) is 0 Å². The highest BCUT2D eigenvalue weighted by molar-refractivity contribution is 9.10. The summed E-state index contributed by atoms with van der Waals surface area (Å²) in [5.74, 6) is 0.235. The lowest BCUT2D eigenvalue weighted by molar-refractivity contribution is -0.384. The third-order valence-electron chi connectivity index (χ3n) is 6.16. The first-order valence-corrected chi connectivity index (χ1v) is 11.2. The molecule has 8 heteroatoms. The van der Waals surface area contributed by atoms with Crippen molar-refractivity contribution in [2.75, 3.05) is 18.1 Å². The number of rotatable bonds is 5. The number of fused-ring (bicyclic) bond motifs is 2. The summed E-state index contributed by atoms with van der Waals surface area (Å²) < 4.78 is 11.4. The summed E-state index contributed by atoms with van der Waals surface area (Å²) in [6.45, 7) is 8.31. The number of nitro groups is 1. The van der Waals surface area contributed by atoms with Crippen LogP contribution < -0.4 is 9.64 Å². The first-order chi connectivity index (χ1) is 15.0. The number of nitrogens with zero attached hydrogens (tertiary/aromatic N) is 2. The number of halogens is 1. The molecule has 1 atom stereocenters. The van der Waals surface area contributed by atoms with Crippen LogP contribution in [0.15, 0.2) is 48.5 Å². The quantitative estimate of drug-likeness (QED) is 0.242. The van der Waals surface area contributed by atoms with E-state index in [1.165, 1.54) is 12.1 Å². The second-order valence-corrected chi connectivity index (χ2v) is 11.0. The maximum Gasteiger partial charge on any atom is 0.322 e. The summed E-state index contributed by atoms with van der Waals surface area (Å²) >= 11 is 3.33. The average molecular weight is 501 g/mol. The molecule has 0 saturated heterocycles. The van der Waals surface area contributed by atoms with Gasteiger partial charge >= 0.3 is 5.97 Å².